The van der Waals surface area contributed by atoms with Gasteiger partial charge in [0.1, 0.15) is 0 Å². The molecule has 1 aromatic heterocycles. The Balaban J connectivity index is 2.72. The molecule has 0 radical (unpaired) electrons. The van der Waals surface area contributed by atoms with Crippen molar-refractivity contribution in [2.45, 2.75) is 19.9 Å². The number of hydrogen-bond acceptors (Lipinski definition) is 2. The van der Waals surface area contributed by atoms with Crippen LogP contribution < -0.4 is 5.32 Å². The van der Waals surface area contributed by atoms with E-state index in [0.717, 1.165) is 4.47 Å². The van der Waals surface area contributed by atoms with Crippen LogP contribution in [0.1, 0.15) is 24.2 Å². The van der Waals surface area contributed by atoms with Gasteiger partial charge in [0.2, 0.25) is 0 Å². The molecular weight excluding hydrogens is 238 g/mol. The van der Waals surface area contributed by atoms with Gasteiger partial charge in [0, 0.05) is 21.3 Å². The van der Waals surface area contributed by atoms with Crippen LogP contribution in [-0.2, 0) is 0 Å². The van der Waals surface area contributed by atoms with E-state index in [-0.39, 0.29) is 11.9 Å². The first kappa shape index (κ1) is 9.74. The van der Waals surface area contributed by atoms with Crippen molar-refractivity contribution in [3.8, 4) is 0 Å². The van der Waals surface area contributed by atoms with E-state index in [1.165, 1.54) is 11.3 Å². The fraction of sp³-hybridized carbons (Fsp3) is 0.375. The maximum atomic E-state index is 11.4. The second kappa shape index (κ2) is 4.05. The highest BCUT2D eigenvalue weighted by molar-refractivity contribution is 9.10. The van der Waals surface area contributed by atoms with Crippen molar-refractivity contribution < 1.29 is 4.79 Å². The van der Waals surface area contributed by atoms with Crippen molar-refractivity contribution in [2.24, 2.45) is 0 Å². The minimum Gasteiger partial charge on any atom is -0.350 e. The summed E-state index contributed by atoms with van der Waals surface area (Å²) in [5.41, 5.74) is 0.716. The maximum Gasteiger partial charge on any atom is 0.253 e. The molecule has 0 aliphatic heterocycles. The van der Waals surface area contributed by atoms with Crippen LogP contribution in [0.5, 0.6) is 0 Å². The molecule has 66 valence electrons. The van der Waals surface area contributed by atoms with Crippen LogP contribution in [0.3, 0.4) is 0 Å². The molecule has 1 amide bonds. The molecule has 0 unspecified atom stereocenters. The highest BCUT2D eigenvalue weighted by Gasteiger charge is 2.10. The topological polar surface area (TPSA) is 29.1 Å². The zero-order chi connectivity index (χ0) is 9.14. The van der Waals surface area contributed by atoms with Crippen LogP contribution in [0.25, 0.3) is 0 Å². The normalized spacial score (nSPS) is 10.3. The van der Waals surface area contributed by atoms with Crippen LogP contribution in [0.2, 0.25) is 0 Å². The molecule has 1 rings (SSSR count). The van der Waals surface area contributed by atoms with Crippen molar-refractivity contribution in [3.05, 3.63) is 20.8 Å². The summed E-state index contributed by atoms with van der Waals surface area (Å²) in [7, 11) is 0. The summed E-state index contributed by atoms with van der Waals surface area (Å²) < 4.78 is 0.866. The first-order chi connectivity index (χ1) is 5.61. The van der Waals surface area contributed by atoms with Gasteiger partial charge < -0.3 is 5.32 Å². The lowest BCUT2D eigenvalue weighted by molar-refractivity contribution is 0.0943. The maximum absolute atomic E-state index is 11.4. The van der Waals surface area contributed by atoms with Gasteiger partial charge in [-0.1, -0.05) is 0 Å². The molecule has 0 fully saturated rings. The SMILES string of the molecule is CC(C)NC(=O)c1cscc1Br. The molecular formula is C8H10BrNOS. The molecule has 0 saturated carbocycles. The third-order valence-electron chi connectivity index (χ3n) is 1.28. The highest BCUT2D eigenvalue weighted by Crippen LogP contribution is 2.20. The number of carbonyl (C=O) groups excluding carboxylic acids is 1. The summed E-state index contributed by atoms with van der Waals surface area (Å²) in [6, 6.07) is 0.185. The van der Waals surface area contributed by atoms with E-state index >= 15 is 0 Å². The molecule has 2 nitrogen and oxygen atoms in total. The van der Waals surface area contributed by atoms with E-state index in [9.17, 15) is 4.79 Å². The first-order valence-corrected chi connectivity index (χ1v) is 5.37. The van der Waals surface area contributed by atoms with Crippen LogP contribution in [-0.4, -0.2) is 11.9 Å². The van der Waals surface area contributed by atoms with Gasteiger partial charge in [0.15, 0.2) is 0 Å². The number of rotatable bonds is 2. The summed E-state index contributed by atoms with van der Waals surface area (Å²) in [5.74, 6) is -0.0156. The van der Waals surface area contributed by atoms with Crippen molar-refractivity contribution >= 4 is 33.2 Å². The quantitative estimate of drug-likeness (QED) is 0.856. The molecule has 4 heteroatoms. The molecule has 0 atom stereocenters. The summed E-state index contributed by atoms with van der Waals surface area (Å²) in [6.45, 7) is 3.89. The van der Waals surface area contributed by atoms with Gasteiger partial charge in [0.05, 0.1) is 5.56 Å². The van der Waals surface area contributed by atoms with E-state index in [0.29, 0.717) is 5.56 Å². The zero-order valence-corrected chi connectivity index (χ0v) is 9.33. The molecule has 12 heavy (non-hydrogen) atoms. The van der Waals surface area contributed by atoms with Crippen LogP contribution >= 0.6 is 27.3 Å². The molecule has 0 spiro atoms. The standard InChI is InChI=1S/C8H10BrNOS/c1-5(2)10-8(11)6-3-12-4-7(6)9/h3-5H,1-2H3,(H,10,11). The summed E-state index contributed by atoms with van der Waals surface area (Å²) >= 11 is 4.82. The number of nitrogens with one attached hydrogen (secondary N) is 1. The zero-order valence-electron chi connectivity index (χ0n) is 6.93. The van der Waals surface area contributed by atoms with Crippen LogP contribution in [0.15, 0.2) is 15.2 Å². The summed E-state index contributed by atoms with van der Waals surface area (Å²) in [5, 5.41) is 6.56. The van der Waals surface area contributed by atoms with E-state index in [1.54, 1.807) is 0 Å². The molecule has 1 aromatic rings. The van der Waals surface area contributed by atoms with Gasteiger partial charge in [-0.15, -0.1) is 0 Å². The first-order valence-electron chi connectivity index (χ1n) is 3.64. The van der Waals surface area contributed by atoms with Crippen molar-refractivity contribution in [3.63, 3.8) is 0 Å². The van der Waals surface area contributed by atoms with E-state index in [1.807, 2.05) is 24.6 Å². The number of thiophene rings is 1. The number of hydrogen-bond donors (Lipinski definition) is 1. The van der Waals surface area contributed by atoms with Gasteiger partial charge >= 0.3 is 0 Å². The van der Waals surface area contributed by atoms with Crippen molar-refractivity contribution in [2.75, 3.05) is 0 Å². The number of halogens is 1. The van der Waals surface area contributed by atoms with Crippen LogP contribution in [0.4, 0.5) is 0 Å². The van der Waals surface area contributed by atoms with Gasteiger partial charge in [0.25, 0.3) is 5.91 Å². The fourth-order valence-corrected chi connectivity index (χ4v) is 2.24. The third kappa shape index (κ3) is 2.32. The van der Waals surface area contributed by atoms with Gasteiger partial charge in [-0.3, -0.25) is 4.79 Å². The average molecular weight is 248 g/mol. The summed E-state index contributed by atoms with van der Waals surface area (Å²) in [4.78, 5) is 11.4. The summed E-state index contributed by atoms with van der Waals surface area (Å²) in [6.07, 6.45) is 0. The Morgan fingerprint density at radius 3 is 2.67 bits per heavy atom. The van der Waals surface area contributed by atoms with E-state index in [4.69, 9.17) is 0 Å². The predicted octanol–water partition coefficient (Wildman–Crippen LogP) is 2.65. The smallest absolute Gasteiger partial charge is 0.253 e. The number of carbonyl (C=O) groups is 1. The molecule has 0 saturated heterocycles. The molecule has 0 aromatic carbocycles. The Bertz CT molecular complexity index is 282. The predicted molar refractivity (Wildman–Crippen MR) is 54.6 cm³/mol. The lowest BCUT2D eigenvalue weighted by Crippen LogP contribution is -2.29. The Hall–Kier alpha value is -0.350. The van der Waals surface area contributed by atoms with Gasteiger partial charge in [-0.25, -0.2) is 0 Å². The lowest BCUT2D eigenvalue weighted by Gasteiger charge is -2.06. The second-order valence-corrected chi connectivity index (χ2v) is 4.36. The van der Waals surface area contributed by atoms with Gasteiger partial charge in [-0.2, -0.15) is 11.3 Å². The minimum atomic E-state index is -0.0156. The third-order valence-corrected chi connectivity index (χ3v) is 2.98. The van der Waals surface area contributed by atoms with Crippen LogP contribution in [0, 0.1) is 0 Å². The average Bonchev–Trinajstić information content (AvgIpc) is 2.33. The van der Waals surface area contributed by atoms with Crippen molar-refractivity contribution in [1.29, 1.82) is 0 Å². The largest absolute Gasteiger partial charge is 0.350 e. The molecule has 0 aliphatic rings. The lowest BCUT2D eigenvalue weighted by atomic mass is 10.3. The fourth-order valence-electron chi connectivity index (χ4n) is 0.783. The molecule has 1 N–H and O–H groups in total. The molecule has 0 bridgehead atoms. The minimum absolute atomic E-state index is 0.0156. The Labute approximate surface area is 84.1 Å². The Morgan fingerprint density at radius 2 is 2.25 bits per heavy atom. The van der Waals surface area contributed by atoms with E-state index < -0.39 is 0 Å². The van der Waals surface area contributed by atoms with Crippen molar-refractivity contribution in [1.82, 2.24) is 5.32 Å². The molecule has 0 aliphatic carbocycles. The van der Waals surface area contributed by atoms with E-state index in [2.05, 4.69) is 21.2 Å². The highest BCUT2D eigenvalue weighted by atomic mass is 79.9. The number of amides is 1. The molecule has 1 heterocycles. The Kier molecular flexibility index (Phi) is 3.29. The Morgan fingerprint density at radius 1 is 1.58 bits per heavy atom. The monoisotopic (exact) mass is 247 g/mol. The second-order valence-electron chi connectivity index (χ2n) is 2.76. The van der Waals surface area contributed by atoms with Gasteiger partial charge in [-0.05, 0) is 29.8 Å².